The molecule has 1 aromatic rings. The van der Waals surface area contributed by atoms with Crippen molar-refractivity contribution in [3.05, 3.63) is 23.8 Å². The lowest BCUT2D eigenvalue weighted by molar-refractivity contribution is -0.280. The normalized spacial score (nSPS) is 24.2. The van der Waals surface area contributed by atoms with E-state index in [1.165, 1.54) is 13.0 Å². The Morgan fingerprint density at radius 2 is 1.53 bits per heavy atom. The molecule has 0 spiro atoms. The van der Waals surface area contributed by atoms with Crippen molar-refractivity contribution in [2.24, 2.45) is 5.92 Å². The van der Waals surface area contributed by atoms with Crippen LogP contribution in [0.3, 0.4) is 0 Å². The third-order valence-electron chi connectivity index (χ3n) is 4.89. The SMILES string of the molecule is CC(=O)O[C@@H]1[C@@H](OC(C)=O)[C@H](Oc2cc(CO)ccc2NC(=O)C(C)C)O[C@H](C)[C@H]1OC(C)=O. The van der Waals surface area contributed by atoms with Gasteiger partial charge in [-0.3, -0.25) is 19.2 Å². The van der Waals surface area contributed by atoms with Gasteiger partial charge >= 0.3 is 17.9 Å². The Balaban J connectivity index is 2.47. The van der Waals surface area contributed by atoms with Crippen LogP contribution < -0.4 is 10.1 Å². The summed E-state index contributed by atoms with van der Waals surface area (Å²) in [4.78, 5) is 47.6. The number of rotatable bonds is 8. The molecule has 1 aromatic carbocycles. The Labute approximate surface area is 197 Å². The lowest BCUT2D eigenvalue weighted by atomic mass is 9.98. The number of esters is 3. The van der Waals surface area contributed by atoms with E-state index in [1.807, 2.05) is 0 Å². The first-order valence-corrected chi connectivity index (χ1v) is 10.8. The molecule has 0 radical (unpaired) electrons. The highest BCUT2D eigenvalue weighted by Crippen LogP contribution is 2.34. The van der Waals surface area contributed by atoms with Gasteiger partial charge in [0.25, 0.3) is 0 Å². The zero-order valence-corrected chi connectivity index (χ0v) is 20.0. The minimum Gasteiger partial charge on any atom is -0.458 e. The zero-order valence-electron chi connectivity index (χ0n) is 20.0. The van der Waals surface area contributed by atoms with E-state index in [-0.39, 0.29) is 24.2 Å². The van der Waals surface area contributed by atoms with Crippen LogP contribution in [0.1, 0.15) is 47.1 Å². The summed E-state index contributed by atoms with van der Waals surface area (Å²) in [5, 5.41) is 12.3. The number of benzene rings is 1. The molecule has 1 saturated heterocycles. The number of hydrogen-bond acceptors (Lipinski definition) is 10. The summed E-state index contributed by atoms with van der Waals surface area (Å²) >= 11 is 0. The molecule has 1 fully saturated rings. The highest BCUT2D eigenvalue weighted by molar-refractivity contribution is 5.93. The molecule has 1 aliphatic heterocycles. The quantitative estimate of drug-likeness (QED) is 0.415. The molecule has 2 rings (SSSR count). The summed E-state index contributed by atoms with van der Waals surface area (Å²) in [6.45, 7) is 8.23. The van der Waals surface area contributed by atoms with E-state index in [1.54, 1.807) is 32.9 Å². The average Bonchev–Trinajstić information content (AvgIpc) is 2.73. The van der Waals surface area contributed by atoms with Crippen LogP contribution in [0, 0.1) is 5.92 Å². The molecular formula is C23H31NO10. The van der Waals surface area contributed by atoms with E-state index < -0.39 is 48.6 Å². The van der Waals surface area contributed by atoms with Gasteiger partial charge in [0.15, 0.2) is 12.2 Å². The van der Waals surface area contributed by atoms with Gasteiger partial charge in [-0.1, -0.05) is 19.9 Å². The Morgan fingerprint density at radius 1 is 0.971 bits per heavy atom. The van der Waals surface area contributed by atoms with Crippen molar-refractivity contribution in [3.63, 3.8) is 0 Å². The van der Waals surface area contributed by atoms with E-state index >= 15 is 0 Å². The molecule has 1 aliphatic rings. The van der Waals surface area contributed by atoms with Crippen molar-refractivity contribution in [1.82, 2.24) is 0 Å². The van der Waals surface area contributed by atoms with Crippen molar-refractivity contribution >= 4 is 29.5 Å². The minimum atomic E-state index is -1.31. The minimum absolute atomic E-state index is 0.127. The monoisotopic (exact) mass is 481 g/mol. The number of aliphatic hydroxyl groups excluding tert-OH is 1. The van der Waals surface area contributed by atoms with Crippen LogP contribution in [0.15, 0.2) is 18.2 Å². The van der Waals surface area contributed by atoms with E-state index in [9.17, 15) is 24.3 Å². The second-order valence-electron chi connectivity index (χ2n) is 8.18. The van der Waals surface area contributed by atoms with Crippen LogP contribution >= 0.6 is 0 Å². The van der Waals surface area contributed by atoms with Gasteiger partial charge < -0.3 is 34.1 Å². The van der Waals surface area contributed by atoms with Crippen molar-refractivity contribution < 1.29 is 48.0 Å². The Bertz CT molecular complexity index is 915. The molecule has 34 heavy (non-hydrogen) atoms. The number of nitrogens with one attached hydrogen (secondary N) is 1. The summed E-state index contributed by atoms with van der Waals surface area (Å²) in [6, 6.07) is 4.66. The summed E-state index contributed by atoms with van der Waals surface area (Å²) in [5.74, 6) is -2.52. The topological polar surface area (TPSA) is 147 Å². The van der Waals surface area contributed by atoms with Crippen molar-refractivity contribution in [3.8, 4) is 5.75 Å². The molecule has 5 atom stereocenters. The summed E-state index contributed by atoms with van der Waals surface area (Å²) in [6.07, 6.45) is -5.74. The number of ether oxygens (including phenoxy) is 5. The summed E-state index contributed by atoms with van der Waals surface area (Å²) in [7, 11) is 0. The van der Waals surface area contributed by atoms with Gasteiger partial charge in [-0.05, 0) is 24.6 Å². The molecule has 0 saturated carbocycles. The maximum atomic E-state index is 12.3. The number of carbonyl (C=O) groups is 4. The first-order valence-electron chi connectivity index (χ1n) is 10.8. The molecule has 2 N–H and O–H groups in total. The largest absolute Gasteiger partial charge is 0.458 e. The van der Waals surface area contributed by atoms with E-state index in [0.29, 0.717) is 11.3 Å². The van der Waals surface area contributed by atoms with Gasteiger partial charge in [0.1, 0.15) is 5.75 Å². The van der Waals surface area contributed by atoms with Gasteiger partial charge in [-0.25, -0.2) is 0 Å². The van der Waals surface area contributed by atoms with Gasteiger partial charge in [0.2, 0.25) is 18.3 Å². The Kier molecular flexibility index (Phi) is 9.39. The molecule has 0 bridgehead atoms. The first kappa shape index (κ1) is 27.1. The third-order valence-corrected chi connectivity index (χ3v) is 4.89. The number of anilines is 1. The van der Waals surface area contributed by atoms with E-state index in [0.717, 1.165) is 13.8 Å². The molecule has 1 heterocycles. The van der Waals surface area contributed by atoms with Crippen LogP contribution in [0.25, 0.3) is 0 Å². The van der Waals surface area contributed by atoms with Crippen LogP contribution in [0.4, 0.5) is 5.69 Å². The summed E-state index contributed by atoms with van der Waals surface area (Å²) in [5.41, 5.74) is 0.777. The molecule has 11 heteroatoms. The Morgan fingerprint density at radius 3 is 2.06 bits per heavy atom. The summed E-state index contributed by atoms with van der Waals surface area (Å²) < 4.78 is 27.9. The average molecular weight is 481 g/mol. The maximum Gasteiger partial charge on any atom is 0.303 e. The number of aliphatic hydroxyl groups is 1. The third kappa shape index (κ3) is 7.16. The van der Waals surface area contributed by atoms with Crippen molar-refractivity contribution in [2.45, 2.75) is 78.9 Å². The second kappa shape index (κ2) is 11.8. The Hall–Kier alpha value is -3.18. The molecule has 188 valence electrons. The lowest BCUT2D eigenvalue weighted by Gasteiger charge is -2.43. The van der Waals surface area contributed by atoms with E-state index in [4.69, 9.17) is 23.7 Å². The predicted octanol–water partition coefficient (Wildman–Crippen LogP) is 1.69. The van der Waals surface area contributed by atoms with Crippen molar-refractivity contribution in [1.29, 1.82) is 0 Å². The molecule has 0 aliphatic carbocycles. The van der Waals surface area contributed by atoms with Crippen LogP contribution in [-0.4, -0.2) is 59.6 Å². The van der Waals surface area contributed by atoms with Gasteiger partial charge in [-0.2, -0.15) is 0 Å². The lowest BCUT2D eigenvalue weighted by Crippen LogP contribution is -2.62. The zero-order chi connectivity index (χ0) is 25.6. The number of hydrogen-bond donors (Lipinski definition) is 2. The molecule has 0 aromatic heterocycles. The second-order valence-corrected chi connectivity index (χ2v) is 8.18. The fourth-order valence-corrected chi connectivity index (χ4v) is 3.33. The van der Waals surface area contributed by atoms with Crippen LogP contribution in [0.2, 0.25) is 0 Å². The maximum absolute atomic E-state index is 12.3. The molecule has 1 amide bonds. The number of carbonyl (C=O) groups excluding carboxylic acids is 4. The van der Waals surface area contributed by atoms with Gasteiger partial charge in [0.05, 0.1) is 18.4 Å². The molecular weight excluding hydrogens is 450 g/mol. The van der Waals surface area contributed by atoms with E-state index in [2.05, 4.69) is 5.32 Å². The highest BCUT2D eigenvalue weighted by atomic mass is 16.7. The fourth-order valence-electron chi connectivity index (χ4n) is 3.33. The van der Waals surface area contributed by atoms with Crippen molar-refractivity contribution in [2.75, 3.05) is 5.32 Å². The van der Waals surface area contributed by atoms with Crippen LogP contribution in [0.5, 0.6) is 5.75 Å². The molecule has 11 nitrogen and oxygen atoms in total. The molecule has 0 unspecified atom stereocenters. The fraction of sp³-hybridized carbons (Fsp3) is 0.565. The van der Waals surface area contributed by atoms with Crippen LogP contribution in [-0.2, 0) is 44.7 Å². The number of amides is 1. The predicted molar refractivity (Wildman–Crippen MR) is 117 cm³/mol. The first-order chi connectivity index (χ1) is 15.9. The standard InChI is InChI=1S/C23H31NO10/c1-11(2)22(29)24-17-8-7-16(10-25)9-18(17)34-23-21(33-15(6)28)20(32-14(5)27)19(12(3)30-23)31-13(4)26/h7-9,11-12,19-21,23,25H,10H2,1-6H3,(H,24,29)/t12-,19-,20+,21-,23+/m1/s1. The smallest absolute Gasteiger partial charge is 0.303 e. The van der Waals surface area contributed by atoms with Gasteiger partial charge in [-0.15, -0.1) is 0 Å². The highest BCUT2D eigenvalue weighted by Gasteiger charge is 2.51. The van der Waals surface area contributed by atoms with Gasteiger partial charge in [0, 0.05) is 26.7 Å².